The Kier molecular flexibility index (Phi) is 4.91. The second-order valence-electron chi connectivity index (χ2n) is 4.51. The van der Waals surface area contributed by atoms with Gasteiger partial charge in [0.15, 0.2) is 0 Å². The first-order valence-electron chi connectivity index (χ1n) is 4.42. The maximum absolute atomic E-state index is 2.43. The first-order chi connectivity index (χ1) is 4.61. The minimum atomic E-state index is 0. The van der Waals surface area contributed by atoms with Gasteiger partial charge in [0, 0.05) is 20.4 Å². The molecule has 0 amide bonds. The predicted octanol–water partition coefficient (Wildman–Crippen LogP) is 3.42. The Morgan fingerprint density at radius 2 is 1.55 bits per heavy atom. The van der Waals surface area contributed by atoms with Crippen LogP contribution in [0.25, 0.3) is 0 Å². The monoisotopic (exact) mass is 326 g/mol. The van der Waals surface area contributed by atoms with Crippen LogP contribution in [0.5, 0.6) is 0 Å². The Morgan fingerprint density at radius 3 is 1.82 bits per heavy atom. The van der Waals surface area contributed by atoms with Gasteiger partial charge in [-0.3, -0.25) is 0 Å². The van der Waals surface area contributed by atoms with Gasteiger partial charge in [-0.25, -0.2) is 0 Å². The smallest absolute Gasteiger partial charge is 0 e. The average Bonchev–Trinajstić information content (AvgIpc) is 1.88. The normalized spacial score (nSPS) is 21.0. The van der Waals surface area contributed by atoms with Gasteiger partial charge in [-0.1, -0.05) is 33.6 Å². The van der Waals surface area contributed by atoms with Crippen molar-refractivity contribution in [3.63, 3.8) is 0 Å². The van der Waals surface area contributed by atoms with Gasteiger partial charge in [0.05, 0.1) is 0 Å². The van der Waals surface area contributed by atoms with Crippen LogP contribution in [0.15, 0.2) is 0 Å². The molecule has 0 N–H and O–H groups in total. The molecule has 0 atom stereocenters. The van der Waals surface area contributed by atoms with Crippen molar-refractivity contribution in [1.82, 2.24) is 0 Å². The molecule has 0 aromatic heterocycles. The van der Waals surface area contributed by atoms with Gasteiger partial charge in [0.25, 0.3) is 0 Å². The molecular formula is C10H19Re-. The van der Waals surface area contributed by atoms with Gasteiger partial charge in [0.1, 0.15) is 0 Å². The maximum Gasteiger partial charge on any atom is 0 e. The van der Waals surface area contributed by atoms with E-state index in [2.05, 4.69) is 27.2 Å². The molecule has 1 saturated carbocycles. The van der Waals surface area contributed by atoms with Crippen molar-refractivity contribution < 1.29 is 20.4 Å². The van der Waals surface area contributed by atoms with E-state index in [0.717, 1.165) is 5.92 Å². The van der Waals surface area contributed by atoms with Crippen LogP contribution < -0.4 is 0 Å². The molecule has 1 radical (unpaired) electrons. The van der Waals surface area contributed by atoms with E-state index in [1.807, 2.05) is 0 Å². The van der Waals surface area contributed by atoms with Crippen molar-refractivity contribution in [2.24, 2.45) is 11.3 Å². The van der Waals surface area contributed by atoms with E-state index < -0.39 is 0 Å². The topological polar surface area (TPSA) is 0 Å². The van der Waals surface area contributed by atoms with Gasteiger partial charge in [-0.15, -0.1) is 0 Å². The molecular weight excluding hydrogens is 306 g/mol. The van der Waals surface area contributed by atoms with E-state index in [9.17, 15) is 0 Å². The summed E-state index contributed by atoms with van der Waals surface area (Å²) in [5, 5.41) is 0. The Bertz CT molecular complexity index is 95.9. The third kappa shape index (κ3) is 3.72. The summed E-state index contributed by atoms with van der Waals surface area (Å²) in [6.45, 7) is 7.09. The van der Waals surface area contributed by atoms with E-state index in [1.165, 1.54) is 25.7 Å². The number of hydrogen-bond acceptors (Lipinski definition) is 0. The Balaban J connectivity index is 0.000001000. The summed E-state index contributed by atoms with van der Waals surface area (Å²) >= 11 is 0. The fraction of sp³-hybridized carbons (Fsp3) is 0.900. The average molecular weight is 325 g/mol. The van der Waals surface area contributed by atoms with Gasteiger partial charge in [0.2, 0.25) is 0 Å². The molecule has 0 bridgehead atoms. The summed E-state index contributed by atoms with van der Waals surface area (Å²) in [6, 6.07) is 0. The molecule has 0 unspecified atom stereocenters. The largest absolute Gasteiger partial charge is 0.328 e. The molecule has 0 spiro atoms. The predicted molar refractivity (Wildman–Crippen MR) is 45.7 cm³/mol. The van der Waals surface area contributed by atoms with Crippen molar-refractivity contribution in [2.45, 2.75) is 46.5 Å². The van der Waals surface area contributed by atoms with Crippen molar-refractivity contribution in [3.8, 4) is 0 Å². The number of rotatable bonds is 0. The molecule has 1 fully saturated rings. The van der Waals surface area contributed by atoms with Crippen LogP contribution in [0.1, 0.15) is 46.5 Å². The van der Waals surface area contributed by atoms with Crippen LogP contribution >= 0.6 is 0 Å². The van der Waals surface area contributed by atoms with Gasteiger partial charge in [-0.05, 0) is 11.3 Å². The third-order valence-electron chi connectivity index (χ3n) is 2.66. The Labute approximate surface area is 84.8 Å². The Hall–Kier alpha value is 0.662. The standard InChI is InChI=1S/C10H19.Re/c1-10(2,3)9-7-5-4-6-8-9;/h4,9H,5-8H2,1-3H3;/q-1;. The second kappa shape index (κ2) is 4.63. The molecule has 67 valence electrons. The second-order valence-corrected chi connectivity index (χ2v) is 4.51. The van der Waals surface area contributed by atoms with Crippen molar-refractivity contribution in [1.29, 1.82) is 0 Å². The fourth-order valence-corrected chi connectivity index (χ4v) is 1.79. The van der Waals surface area contributed by atoms with E-state index in [0.29, 0.717) is 5.41 Å². The van der Waals surface area contributed by atoms with Crippen molar-refractivity contribution >= 4 is 0 Å². The summed E-state index contributed by atoms with van der Waals surface area (Å²) in [4.78, 5) is 0. The molecule has 1 heteroatoms. The first-order valence-corrected chi connectivity index (χ1v) is 4.42. The summed E-state index contributed by atoms with van der Waals surface area (Å²) in [5.41, 5.74) is 0.550. The first kappa shape index (κ1) is 11.7. The molecule has 1 aliphatic carbocycles. The van der Waals surface area contributed by atoms with Crippen LogP contribution in [0.4, 0.5) is 0 Å². The quantitative estimate of drug-likeness (QED) is 0.599. The van der Waals surface area contributed by atoms with Crippen LogP contribution in [-0.4, -0.2) is 0 Å². The maximum atomic E-state index is 2.43. The zero-order chi connectivity index (χ0) is 7.61. The zero-order valence-corrected chi connectivity index (χ0v) is 10.6. The minimum absolute atomic E-state index is 0. The van der Waals surface area contributed by atoms with E-state index in [-0.39, 0.29) is 20.4 Å². The zero-order valence-electron chi connectivity index (χ0n) is 7.86. The van der Waals surface area contributed by atoms with Gasteiger partial charge >= 0.3 is 0 Å². The third-order valence-corrected chi connectivity index (χ3v) is 2.66. The van der Waals surface area contributed by atoms with E-state index in [4.69, 9.17) is 0 Å². The molecule has 1 rings (SSSR count). The van der Waals surface area contributed by atoms with Crippen LogP contribution in [0, 0.1) is 17.8 Å². The fourth-order valence-electron chi connectivity index (χ4n) is 1.79. The van der Waals surface area contributed by atoms with E-state index >= 15 is 0 Å². The van der Waals surface area contributed by atoms with Crippen molar-refractivity contribution in [3.05, 3.63) is 6.42 Å². The summed E-state index contributed by atoms with van der Waals surface area (Å²) in [6.07, 6.45) is 7.97. The van der Waals surface area contributed by atoms with Gasteiger partial charge < -0.3 is 6.42 Å². The molecule has 0 aliphatic heterocycles. The molecule has 0 aromatic rings. The summed E-state index contributed by atoms with van der Waals surface area (Å²) in [7, 11) is 0. The molecule has 1 aliphatic rings. The summed E-state index contributed by atoms with van der Waals surface area (Å²) in [5.74, 6) is 0.970. The molecule has 0 aromatic carbocycles. The van der Waals surface area contributed by atoms with Gasteiger partial charge in [-0.2, -0.15) is 12.8 Å². The number of hydrogen-bond donors (Lipinski definition) is 0. The minimum Gasteiger partial charge on any atom is -0.328 e. The molecule has 0 nitrogen and oxygen atoms in total. The SMILES string of the molecule is CC(C)(C)C1CC[CH-]CC1.[Re]. The van der Waals surface area contributed by atoms with E-state index in [1.54, 1.807) is 0 Å². The molecule has 11 heavy (non-hydrogen) atoms. The Morgan fingerprint density at radius 1 is 1.09 bits per heavy atom. The summed E-state index contributed by atoms with van der Waals surface area (Å²) < 4.78 is 0. The van der Waals surface area contributed by atoms with Crippen LogP contribution in [0.3, 0.4) is 0 Å². The molecule has 0 heterocycles. The van der Waals surface area contributed by atoms with Crippen LogP contribution in [-0.2, 0) is 20.4 Å². The molecule has 0 saturated heterocycles. The van der Waals surface area contributed by atoms with Crippen LogP contribution in [0.2, 0.25) is 0 Å². The van der Waals surface area contributed by atoms with Crippen molar-refractivity contribution in [2.75, 3.05) is 0 Å².